The zero-order valence-corrected chi connectivity index (χ0v) is 22.8. The number of amidine groups is 1. The molecule has 2 rings (SSSR count). The molecule has 1 aliphatic carbocycles. The molecular weight excluding hydrogens is 589 g/mol. The fourth-order valence-electron chi connectivity index (χ4n) is 3.22. The van der Waals surface area contributed by atoms with Gasteiger partial charge in [-0.25, -0.2) is 9.18 Å². The number of benzene rings is 1. The Morgan fingerprint density at radius 2 is 1.76 bits per heavy atom. The van der Waals surface area contributed by atoms with Gasteiger partial charge in [-0.3, -0.25) is 10.3 Å². The van der Waals surface area contributed by atoms with E-state index < -0.39 is 51.1 Å². The molecule has 192 valence electrons. The van der Waals surface area contributed by atoms with Crippen molar-refractivity contribution in [2.75, 3.05) is 6.54 Å². The lowest BCUT2D eigenvalue weighted by Crippen LogP contribution is -2.49. The molecule has 0 spiro atoms. The average molecular weight is 618 g/mol. The van der Waals surface area contributed by atoms with Crippen LogP contribution >= 0.6 is 22.6 Å². The highest BCUT2D eigenvalue weighted by Crippen LogP contribution is 2.49. The van der Waals surface area contributed by atoms with Gasteiger partial charge in [-0.1, -0.05) is 13.8 Å². The Kier molecular flexibility index (Phi) is 8.70. The SMILES string of the molecule is CC(C)(C)OC(=O)NC(=NC(C)(c1cc(I)ccc1F)C1CC1)C(C)(C)[S-](=O)=NCC(F)(F)F. The Labute approximate surface area is 212 Å². The van der Waals surface area contributed by atoms with Gasteiger partial charge in [0.05, 0.1) is 11.4 Å². The molecule has 6 nitrogen and oxygen atoms in total. The molecule has 1 saturated carbocycles. The fourth-order valence-corrected chi connectivity index (χ4v) is 4.56. The molecule has 1 N–H and O–H groups in total. The number of nitrogens with zero attached hydrogens (tertiary/aromatic N) is 2. The number of rotatable bonds is 6. The third-order valence-corrected chi connectivity index (χ3v) is 7.28. The molecule has 12 heteroatoms. The van der Waals surface area contributed by atoms with Crippen LogP contribution < -0.4 is 5.32 Å². The maximum Gasteiger partial charge on any atom is 0.413 e. The summed E-state index contributed by atoms with van der Waals surface area (Å²) >= 11 is 2.04. The van der Waals surface area contributed by atoms with Gasteiger partial charge < -0.3 is 13.3 Å². The Morgan fingerprint density at radius 3 is 2.26 bits per heavy atom. The summed E-state index contributed by atoms with van der Waals surface area (Å²) in [6.45, 7) is 7.72. The molecule has 0 saturated heterocycles. The van der Waals surface area contributed by atoms with Gasteiger partial charge in [-0.2, -0.15) is 23.8 Å². The summed E-state index contributed by atoms with van der Waals surface area (Å²) in [5.41, 5.74) is -1.76. The van der Waals surface area contributed by atoms with Gasteiger partial charge in [0.2, 0.25) is 0 Å². The fraction of sp³-hybridized carbons (Fsp3) is 0.636. The number of amides is 1. The number of aliphatic imine (C=N–C) groups is 1. The van der Waals surface area contributed by atoms with E-state index in [1.54, 1.807) is 39.8 Å². The number of carbonyl (C=O) groups is 1. The number of ether oxygens (including phenoxy) is 1. The summed E-state index contributed by atoms with van der Waals surface area (Å²) in [5, 5.41) is 2.46. The van der Waals surface area contributed by atoms with Crippen LogP contribution in [0.15, 0.2) is 27.6 Å². The Hall–Kier alpha value is -1.44. The standard InChI is InChI=1S/C22H29F4IN3O3S/c1-19(2,3)33-18(31)29-17(20(4,5)34(32)28-12-22(24,25)26)30-21(6,13-7-8-13)15-11-14(27)9-10-16(15)23/h9-11,13H,7-8,12H2,1-6H3,(H,29,30,31)/q-1. The predicted molar refractivity (Wildman–Crippen MR) is 131 cm³/mol. The molecule has 1 aromatic rings. The van der Waals surface area contributed by atoms with E-state index in [0.717, 1.165) is 16.4 Å². The van der Waals surface area contributed by atoms with Crippen LogP contribution in [0.2, 0.25) is 0 Å². The first-order valence-electron chi connectivity index (χ1n) is 10.6. The van der Waals surface area contributed by atoms with Crippen molar-refractivity contribution in [2.24, 2.45) is 15.3 Å². The maximum atomic E-state index is 14.9. The lowest BCUT2D eigenvalue weighted by atomic mass is 9.87. The molecular formula is C22H29F4IN3O3S-. The minimum absolute atomic E-state index is 0.0769. The van der Waals surface area contributed by atoms with Crippen LogP contribution in [0, 0.1) is 15.3 Å². The van der Waals surface area contributed by atoms with Crippen molar-refractivity contribution in [3.8, 4) is 0 Å². The van der Waals surface area contributed by atoms with Crippen LogP contribution in [0.4, 0.5) is 22.4 Å². The quantitative estimate of drug-likeness (QED) is 0.131. The van der Waals surface area contributed by atoms with Crippen molar-refractivity contribution in [2.45, 2.75) is 76.4 Å². The molecule has 0 aliphatic heterocycles. The van der Waals surface area contributed by atoms with Crippen molar-refractivity contribution in [1.82, 2.24) is 5.32 Å². The molecule has 0 heterocycles. The first kappa shape index (κ1) is 28.8. The Bertz CT molecular complexity index is 1040. The van der Waals surface area contributed by atoms with Crippen LogP contribution in [0.25, 0.3) is 0 Å². The summed E-state index contributed by atoms with van der Waals surface area (Å²) in [6, 6.07) is 4.56. The lowest BCUT2D eigenvalue weighted by Gasteiger charge is -2.36. The van der Waals surface area contributed by atoms with Crippen LogP contribution in [0.3, 0.4) is 0 Å². The van der Waals surface area contributed by atoms with E-state index in [1.165, 1.54) is 19.9 Å². The van der Waals surface area contributed by atoms with Crippen LogP contribution in [0.1, 0.15) is 59.9 Å². The molecule has 34 heavy (non-hydrogen) atoms. The van der Waals surface area contributed by atoms with Gasteiger partial charge in [-0.15, -0.1) is 0 Å². The molecule has 1 fully saturated rings. The van der Waals surface area contributed by atoms with E-state index in [2.05, 4.69) is 14.7 Å². The van der Waals surface area contributed by atoms with Crippen molar-refractivity contribution < 1.29 is 31.3 Å². The van der Waals surface area contributed by atoms with Gasteiger partial charge in [-0.05, 0) is 92.0 Å². The molecule has 1 amide bonds. The second-order valence-electron chi connectivity index (χ2n) is 9.80. The monoisotopic (exact) mass is 618 g/mol. The van der Waals surface area contributed by atoms with Gasteiger partial charge in [0.15, 0.2) is 0 Å². The van der Waals surface area contributed by atoms with Crippen molar-refractivity contribution in [3.05, 3.63) is 33.1 Å². The van der Waals surface area contributed by atoms with Gasteiger partial charge in [0, 0.05) is 9.13 Å². The minimum atomic E-state index is -4.64. The summed E-state index contributed by atoms with van der Waals surface area (Å²) < 4.78 is 73.5. The van der Waals surface area contributed by atoms with Crippen LogP contribution in [-0.2, 0) is 25.1 Å². The highest BCUT2D eigenvalue weighted by molar-refractivity contribution is 14.1. The molecule has 1 unspecified atom stereocenters. The number of nitrogens with one attached hydrogen (secondary N) is 1. The molecule has 1 aliphatic rings. The van der Waals surface area contributed by atoms with Gasteiger partial charge in [0.1, 0.15) is 18.0 Å². The molecule has 0 aromatic heterocycles. The lowest BCUT2D eigenvalue weighted by molar-refractivity contribution is -0.117. The number of hydrogen-bond donors (Lipinski definition) is 1. The first-order chi connectivity index (χ1) is 15.3. The maximum absolute atomic E-state index is 14.9. The summed E-state index contributed by atoms with van der Waals surface area (Å²) in [6.07, 6.45) is -4.08. The van der Waals surface area contributed by atoms with E-state index in [4.69, 9.17) is 4.74 Å². The Balaban J connectivity index is 2.64. The average Bonchev–Trinajstić information content (AvgIpc) is 3.51. The Morgan fingerprint density at radius 1 is 1.18 bits per heavy atom. The third-order valence-electron chi connectivity index (χ3n) is 5.18. The normalized spacial score (nSPS) is 18.4. The molecule has 0 bridgehead atoms. The zero-order valence-electron chi connectivity index (χ0n) is 19.8. The van der Waals surface area contributed by atoms with E-state index in [0.29, 0.717) is 0 Å². The van der Waals surface area contributed by atoms with E-state index >= 15 is 0 Å². The van der Waals surface area contributed by atoms with Gasteiger partial charge in [0.25, 0.3) is 0 Å². The second kappa shape index (κ2) is 10.3. The number of alkyl carbamates (subject to hydrolysis) is 1. The summed E-state index contributed by atoms with van der Waals surface area (Å²) in [7, 11) is -2.43. The first-order valence-corrected chi connectivity index (χ1v) is 12.8. The topological polar surface area (TPSA) is 80.1 Å². The largest absolute Gasteiger partial charge is 0.444 e. The van der Waals surface area contributed by atoms with Crippen molar-refractivity contribution in [3.63, 3.8) is 0 Å². The van der Waals surface area contributed by atoms with Gasteiger partial charge >= 0.3 is 12.3 Å². The van der Waals surface area contributed by atoms with Crippen LogP contribution in [0.5, 0.6) is 0 Å². The molecule has 1 aromatic carbocycles. The third kappa shape index (κ3) is 7.79. The van der Waals surface area contributed by atoms with Crippen LogP contribution in [-0.4, -0.2) is 35.0 Å². The van der Waals surface area contributed by atoms with Crippen molar-refractivity contribution in [1.29, 1.82) is 0 Å². The van der Waals surface area contributed by atoms with Crippen molar-refractivity contribution >= 4 is 45.1 Å². The number of hydrogen-bond acceptors (Lipinski definition) is 6. The highest BCUT2D eigenvalue weighted by Gasteiger charge is 2.45. The number of carbonyl (C=O) groups excluding carboxylic acids is 1. The summed E-state index contributed by atoms with van der Waals surface area (Å²) in [4.78, 5) is 17.3. The highest BCUT2D eigenvalue weighted by atomic mass is 127. The smallest absolute Gasteiger partial charge is 0.413 e. The summed E-state index contributed by atoms with van der Waals surface area (Å²) in [5.74, 6) is -0.776. The molecule has 0 radical (unpaired) electrons. The molecule has 1 atom stereocenters. The predicted octanol–water partition coefficient (Wildman–Crippen LogP) is 6.47. The van der Waals surface area contributed by atoms with E-state index in [1.807, 2.05) is 22.6 Å². The van der Waals surface area contributed by atoms with E-state index in [-0.39, 0.29) is 17.3 Å². The number of alkyl halides is 3. The number of halogens is 5. The zero-order chi connectivity index (χ0) is 26.1. The minimum Gasteiger partial charge on any atom is -0.444 e. The van der Waals surface area contributed by atoms with E-state index in [9.17, 15) is 26.6 Å². The second-order valence-corrected chi connectivity index (χ2v) is 12.8.